The van der Waals surface area contributed by atoms with Gasteiger partial charge in [-0.05, 0) is 68.8 Å². The first-order valence-corrected chi connectivity index (χ1v) is 13.3. The fraction of sp³-hybridized carbons (Fsp3) is 0.0270. The standard InChI is InChI=1S/C37H28N2/c38-35-20-9-6-15-29(35)26-13-10-14-27(23-26)37(28-21-22-36(39)32(24-28)25-11-2-1-3-12-25)33-18-7-4-16-30(33)31-17-5-8-19-34(31)37/h1-24H,38-39H2. The van der Waals surface area contributed by atoms with E-state index >= 15 is 0 Å². The fourth-order valence-electron chi connectivity index (χ4n) is 6.36. The summed E-state index contributed by atoms with van der Waals surface area (Å²) in [5.41, 5.74) is 25.8. The van der Waals surface area contributed by atoms with Gasteiger partial charge in [0.15, 0.2) is 0 Å². The van der Waals surface area contributed by atoms with Crippen LogP contribution in [0.5, 0.6) is 0 Å². The number of hydrogen-bond acceptors (Lipinski definition) is 2. The second kappa shape index (κ2) is 9.04. The highest BCUT2D eigenvalue weighted by Gasteiger charge is 2.46. The molecule has 0 saturated heterocycles. The van der Waals surface area contributed by atoms with Gasteiger partial charge in [-0.1, -0.05) is 121 Å². The van der Waals surface area contributed by atoms with Crippen LogP contribution in [0, 0.1) is 0 Å². The molecule has 7 rings (SSSR count). The molecule has 1 aliphatic rings. The van der Waals surface area contributed by atoms with E-state index in [4.69, 9.17) is 11.5 Å². The van der Waals surface area contributed by atoms with Crippen molar-refractivity contribution in [1.29, 1.82) is 0 Å². The molecule has 0 unspecified atom stereocenters. The van der Waals surface area contributed by atoms with Gasteiger partial charge in [0.2, 0.25) is 0 Å². The molecule has 0 fully saturated rings. The SMILES string of the molecule is Nc1ccccc1-c1cccc(C2(c3ccc(N)c(-c4ccccc4)c3)c3ccccc3-c3ccccc32)c1. The first-order chi connectivity index (χ1) is 19.2. The van der Waals surface area contributed by atoms with Gasteiger partial charge in [-0.25, -0.2) is 0 Å². The Labute approximate surface area is 229 Å². The number of para-hydroxylation sites is 1. The van der Waals surface area contributed by atoms with Crippen LogP contribution < -0.4 is 11.5 Å². The number of nitrogen functional groups attached to an aromatic ring is 2. The number of rotatable bonds is 4. The second-order valence-corrected chi connectivity index (χ2v) is 10.2. The lowest BCUT2D eigenvalue weighted by atomic mass is 9.67. The molecule has 0 bridgehead atoms. The van der Waals surface area contributed by atoms with Gasteiger partial charge < -0.3 is 11.5 Å². The summed E-state index contributed by atoms with van der Waals surface area (Å²) in [5, 5.41) is 0. The van der Waals surface area contributed by atoms with Gasteiger partial charge in [0.05, 0.1) is 5.41 Å². The maximum atomic E-state index is 6.59. The first kappa shape index (κ1) is 23.1. The number of benzene rings is 6. The van der Waals surface area contributed by atoms with Crippen molar-refractivity contribution < 1.29 is 0 Å². The molecule has 0 aliphatic heterocycles. The van der Waals surface area contributed by atoms with Crippen LogP contribution in [0.2, 0.25) is 0 Å². The molecule has 0 spiro atoms. The van der Waals surface area contributed by atoms with E-state index in [9.17, 15) is 0 Å². The van der Waals surface area contributed by atoms with Gasteiger partial charge in [0.25, 0.3) is 0 Å². The zero-order chi connectivity index (χ0) is 26.4. The highest BCUT2D eigenvalue weighted by Crippen LogP contribution is 2.56. The van der Waals surface area contributed by atoms with Gasteiger partial charge in [-0.15, -0.1) is 0 Å². The average Bonchev–Trinajstić information content (AvgIpc) is 3.29. The van der Waals surface area contributed by atoms with Gasteiger partial charge in [0, 0.05) is 22.5 Å². The summed E-state index contributed by atoms with van der Waals surface area (Å²) in [7, 11) is 0. The molecule has 39 heavy (non-hydrogen) atoms. The van der Waals surface area contributed by atoms with Crippen molar-refractivity contribution in [2.45, 2.75) is 5.41 Å². The average molecular weight is 501 g/mol. The molecule has 1 aliphatic carbocycles. The van der Waals surface area contributed by atoms with Gasteiger partial charge in [-0.3, -0.25) is 0 Å². The van der Waals surface area contributed by atoms with Crippen LogP contribution in [0.1, 0.15) is 22.3 Å². The van der Waals surface area contributed by atoms with Crippen molar-refractivity contribution in [1.82, 2.24) is 0 Å². The predicted octanol–water partition coefficient (Wildman–Crippen LogP) is 8.55. The molecule has 0 atom stereocenters. The van der Waals surface area contributed by atoms with Crippen molar-refractivity contribution >= 4 is 11.4 Å². The summed E-state index contributed by atoms with van der Waals surface area (Å²) in [6.07, 6.45) is 0. The summed E-state index contributed by atoms with van der Waals surface area (Å²) >= 11 is 0. The zero-order valence-corrected chi connectivity index (χ0v) is 21.5. The molecule has 0 heterocycles. The number of nitrogens with two attached hydrogens (primary N) is 2. The molecule has 6 aromatic rings. The highest BCUT2D eigenvalue weighted by molar-refractivity contribution is 5.88. The molecule has 4 N–H and O–H groups in total. The topological polar surface area (TPSA) is 52.0 Å². The minimum Gasteiger partial charge on any atom is -0.398 e. The van der Waals surface area contributed by atoms with Crippen LogP contribution in [0.3, 0.4) is 0 Å². The Bertz CT molecular complexity index is 1790. The molecule has 0 aromatic heterocycles. The summed E-state index contributed by atoms with van der Waals surface area (Å²) in [4.78, 5) is 0. The minimum absolute atomic E-state index is 0.524. The predicted molar refractivity (Wildman–Crippen MR) is 163 cm³/mol. The summed E-state index contributed by atoms with van der Waals surface area (Å²) in [5.74, 6) is 0. The molecule has 2 heteroatoms. The Hall–Kier alpha value is -5.08. The Balaban J connectivity index is 1.58. The van der Waals surface area contributed by atoms with E-state index in [0.29, 0.717) is 0 Å². The smallest absolute Gasteiger partial charge is 0.0714 e. The highest BCUT2D eigenvalue weighted by atomic mass is 14.6. The normalized spacial score (nSPS) is 13.0. The van der Waals surface area contributed by atoms with E-state index in [1.165, 1.54) is 33.4 Å². The van der Waals surface area contributed by atoms with E-state index in [2.05, 4.69) is 121 Å². The van der Waals surface area contributed by atoms with Crippen LogP contribution in [-0.2, 0) is 5.41 Å². The lowest BCUT2D eigenvalue weighted by Gasteiger charge is -2.34. The molecule has 2 nitrogen and oxygen atoms in total. The third-order valence-electron chi connectivity index (χ3n) is 8.09. The number of hydrogen-bond donors (Lipinski definition) is 2. The molecule has 6 aromatic carbocycles. The Morgan fingerprint density at radius 1 is 0.359 bits per heavy atom. The maximum absolute atomic E-state index is 6.59. The maximum Gasteiger partial charge on any atom is 0.0714 e. The molecule has 0 radical (unpaired) electrons. The van der Waals surface area contributed by atoms with E-state index in [0.717, 1.165) is 33.6 Å². The van der Waals surface area contributed by atoms with E-state index in [1.807, 2.05) is 24.3 Å². The monoisotopic (exact) mass is 500 g/mol. The Kier molecular flexibility index (Phi) is 5.35. The number of anilines is 2. The zero-order valence-electron chi connectivity index (χ0n) is 21.5. The van der Waals surface area contributed by atoms with Crippen LogP contribution in [0.15, 0.2) is 146 Å². The van der Waals surface area contributed by atoms with Gasteiger partial charge in [0.1, 0.15) is 0 Å². The summed E-state index contributed by atoms with van der Waals surface area (Å²) in [6.45, 7) is 0. The summed E-state index contributed by atoms with van der Waals surface area (Å²) in [6, 6.07) is 51.5. The molecule has 186 valence electrons. The number of fused-ring (bicyclic) bond motifs is 3. The quantitative estimate of drug-likeness (QED) is 0.238. The largest absolute Gasteiger partial charge is 0.398 e. The van der Waals surface area contributed by atoms with Crippen LogP contribution in [-0.4, -0.2) is 0 Å². The van der Waals surface area contributed by atoms with Crippen LogP contribution in [0.25, 0.3) is 33.4 Å². The van der Waals surface area contributed by atoms with Crippen LogP contribution in [0.4, 0.5) is 11.4 Å². The van der Waals surface area contributed by atoms with Crippen molar-refractivity contribution in [2.75, 3.05) is 11.5 Å². The minimum atomic E-state index is -0.524. The third-order valence-corrected chi connectivity index (χ3v) is 8.09. The third kappa shape index (κ3) is 3.49. The fourth-order valence-corrected chi connectivity index (χ4v) is 6.36. The molecule has 0 amide bonds. The Morgan fingerprint density at radius 2 is 0.897 bits per heavy atom. The van der Waals surface area contributed by atoms with E-state index in [1.54, 1.807) is 0 Å². The van der Waals surface area contributed by atoms with Gasteiger partial charge in [-0.2, -0.15) is 0 Å². The molecular formula is C37H28N2. The van der Waals surface area contributed by atoms with Crippen molar-refractivity contribution in [3.8, 4) is 33.4 Å². The van der Waals surface area contributed by atoms with E-state index in [-0.39, 0.29) is 0 Å². The lowest BCUT2D eigenvalue weighted by molar-refractivity contribution is 0.769. The van der Waals surface area contributed by atoms with Crippen LogP contribution >= 0.6 is 0 Å². The Morgan fingerprint density at radius 3 is 1.59 bits per heavy atom. The van der Waals surface area contributed by atoms with Crippen molar-refractivity contribution in [3.63, 3.8) is 0 Å². The molecular weight excluding hydrogens is 472 g/mol. The van der Waals surface area contributed by atoms with E-state index < -0.39 is 5.41 Å². The van der Waals surface area contributed by atoms with Crippen molar-refractivity contribution in [2.24, 2.45) is 0 Å². The first-order valence-electron chi connectivity index (χ1n) is 13.3. The second-order valence-electron chi connectivity index (χ2n) is 10.2. The lowest BCUT2D eigenvalue weighted by Crippen LogP contribution is -2.28. The summed E-state index contributed by atoms with van der Waals surface area (Å²) < 4.78 is 0. The molecule has 0 saturated carbocycles. The van der Waals surface area contributed by atoms with Gasteiger partial charge >= 0.3 is 0 Å². The van der Waals surface area contributed by atoms with Crippen molar-refractivity contribution in [3.05, 3.63) is 168 Å².